The molecule has 0 aliphatic carbocycles. The summed E-state index contributed by atoms with van der Waals surface area (Å²) in [5.41, 5.74) is 0. The van der Waals surface area contributed by atoms with E-state index in [1.165, 1.54) is 29.5 Å². The van der Waals surface area contributed by atoms with E-state index in [2.05, 4.69) is 29.4 Å². The van der Waals surface area contributed by atoms with Gasteiger partial charge in [-0.05, 0) is 25.2 Å². The van der Waals surface area contributed by atoms with Crippen molar-refractivity contribution in [3.63, 3.8) is 0 Å². The Kier molecular flexibility index (Phi) is 5.65. The van der Waals surface area contributed by atoms with E-state index in [1.807, 2.05) is 11.8 Å². The van der Waals surface area contributed by atoms with E-state index in [0.29, 0.717) is 17.6 Å². The van der Waals surface area contributed by atoms with Gasteiger partial charge in [-0.2, -0.15) is 0 Å². The van der Waals surface area contributed by atoms with E-state index in [9.17, 15) is 4.79 Å². The summed E-state index contributed by atoms with van der Waals surface area (Å²) in [4.78, 5) is 14.2. The Morgan fingerprint density at radius 1 is 1.40 bits per heavy atom. The van der Waals surface area contributed by atoms with Gasteiger partial charge in [0.15, 0.2) is 4.34 Å². The molecule has 1 aliphatic rings. The van der Waals surface area contributed by atoms with Crippen LogP contribution >= 0.6 is 23.1 Å². The van der Waals surface area contributed by atoms with Gasteiger partial charge in [0, 0.05) is 19.6 Å². The first-order valence-corrected chi connectivity index (χ1v) is 8.86. The number of piperidine rings is 1. The summed E-state index contributed by atoms with van der Waals surface area (Å²) in [7, 11) is 0. The third-order valence-electron chi connectivity index (χ3n) is 3.28. The number of nitrogens with one attached hydrogen (secondary N) is 1. The van der Waals surface area contributed by atoms with Crippen LogP contribution in [0.3, 0.4) is 0 Å². The lowest BCUT2D eigenvalue weighted by atomic mass is 9.92. The molecule has 1 aromatic rings. The topological polar surface area (TPSA) is 58.1 Å². The first-order valence-electron chi connectivity index (χ1n) is 7.06. The second kappa shape index (κ2) is 7.26. The normalized spacial score (nSPS) is 22.9. The van der Waals surface area contributed by atoms with Crippen molar-refractivity contribution in [2.45, 2.75) is 31.5 Å². The largest absolute Gasteiger partial charge is 0.360 e. The van der Waals surface area contributed by atoms with Crippen LogP contribution in [0, 0.1) is 11.8 Å². The highest BCUT2D eigenvalue weighted by atomic mass is 32.2. The monoisotopic (exact) mass is 314 g/mol. The molecule has 0 unspecified atom stereocenters. The number of hydrogen-bond acceptors (Lipinski definition) is 6. The molecule has 2 atom stereocenters. The zero-order valence-corrected chi connectivity index (χ0v) is 13.9. The van der Waals surface area contributed by atoms with Gasteiger partial charge in [-0.25, -0.2) is 0 Å². The number of anilines is 1. The third kappa shape index (κ3) is 4.34. The van der Waals surface area contributed by atoms with Crippen molar-refractivity contribution in [3.05, 3.63) is 0 Å². The SMILES string of the molecule is CCNc1nnc(SCC(=O)N2C[C@@H](C)C[C@H](C)C2)s1. The molecular weight excluding hydrogens is 292 g/mol. The molecular formula is C13H22N4OS2. The van der Waals surface area contributed by atoms with Crippen molar-refractivity contribution >= 4 is 34.1 Å². The highest BCUT2D eigenvalue weighted by Gasteiger charge is 2.25. The number of carbonyl (C=O) groups is 1. The molecule has 1 aliphatic heterocycles. The van der Waals surface area contributed by atoms with E-state index >= 15 is 0 Å². The van der Waals surface area contributed by atoms with Crippen molar-refractivity contribution in [3.8, 4) is 0 Å². The number of aromatic nitrogens is 2. The van der Waals surface area contributed by atoms with Gasteiger partial charge in [0.2, 0.25) is 11.0 Å². The Morgan fingerprint density at radius 2 is 2.10 bits per heavy atom. The molecule has 0 radical (unpaired) electrons. The molecule has 1 fully saturated rings. The Bertz CT molecular complexity index is 441. The molecule has 5 nitrogen and oxygen atoms in total. The lowest BCUT2D eigenvalue weighted by Gasteiger charge is -2.34. The molecule has 0 spiro atoms. The fraction of sp³-hybridized carbons (Fsp3) is 0.769. The van der Waals surface area contributed by atoms with Gasteiger partial charge in [-0.15, -0.1) is 10.2 Å². The Balaban J connectivity index is 1.81. The van der Waals surface area contributed by atoms with Crippen molar-refractivity contribution < 1.29 is 4.79 Å². The van der Waals surface area contributed by atoms with Gasteiger partial charge in [0.05, 0.1) is 5.75 Å². The molecule has 1 saturated heterocycles. The minimum Gasteiger partial charge on any atom is -0.360 e. The summed E-state index contributed by atoms with van der Waals surface area (Å²) in [5.74, 6) is 1.89. The average Bonchev–Trinajstić information content (AvgIpc) is 2.83. The van der Waals surface area contributed by atoms with Crippen LogP contribution in [-0.2, 0) is 4.79 Å². The summed E-state index contributed by atoms with van der Waals surface area (Å²) in [6, 6.07) is 0. The van der Waals surface area contributed by atoms with Crippen molar-refractivity contribution in [1.29, 1.82) is 0 Å². The van der Waals surface area contributed by atoms with E-state index in [0.717, 1.165) is 29.1 Å². The standard InChI is InChI=1S/C13H22N4OS2/c1-4-14-12-15-16-13(20-12)19-8-11(18)17-6-9(2)5-10(3)7-17/h9-10H,4-8H2,1-3H3,(H,14,15)/t9-,10-/m0/s1. The van der Waals surface area contributed by atoms with Crippen molar-refractivity contribution in [2.75, 3.05) is 30.7 Å². The molecule has 1 N–H and O–H groups in total. The molecule has 112 valence electrons. The van der Waals surface area contributed by atoms with E-state index in [1.54, 1.807) is 0 Å². The van der Waals surface area contributed by atoms with Crippen LogP contribution in [0.25, 0.3) is 0 Å². The lowest BCUT2D eigenvalue weighted by molar-refractivity contribution is -0.130. The molecule has 0 bridgehead atoms. The minimum absolute atomic E-state index is 0.216. The number of amides is 1. The van der Waals surface area contributed by atoms with Crippen LogP contribution in [0.5, 0.6) is 0 Å². The van der Waals surface area contributed by atoms with Gasteiger partial charge in [0.25, 0.3) is 0 Å². The zero-order chi connectivity index (χ0) is 14.5. The predicted molar refractivity (Wildman–Crippen MR) is 84.3 cm³/mol. The third-order valence-corrected chi connectivity index (χ3v) is 5.27. The maximum absolute atomic E-state index is 12.2. The molecule has 20 heavy (non-hydrogen) atoms. The summed E-state index contributed by atoms with van der Waals surface area (Å²) in [5, 5.41) is 12.1. The van der Waals surface area contributed by atoms with Gasteiger partial charge in [0.1, 0.15) is 0 Å². The van der Waals surface area contributed by atoms with Gasteiger partial charge < -0.3 is 10.2 Å². The summed E-state index contributed by atoms with van der Waals surface area (Å²) in [6.45, 7) is 9.08. The summed E-state index contributed by atoms with van der Waals surface area (Å²) in [6.07, 6.45) is 1.22. The molecule has 1 aromatic heterocycles. The maximum atomic E-state index is 12.2. The Hall–Kier alpha value is -0.820. The van der Waals surface area contributed by atoms with Gasteiger partial charge >= 0.3 is 0 Å². The lowest BCUT2D eigenvalue weighted by Crippen LogP contribution is -2.43. The Labute approximate surface area is 128 Å². The molecule has 0 aromatic carbocycles. The molecule has 1 amide bonds. The van der Waals surface area contributed by atoms with Gasteiger partial charge in [-0.3, -0.25) is 4.79 Å². The molecule has 0 saturated carbocycles. The van der Waals surface area contributed by atoms with E-state index < -0.39 is 0 Å². The number of likely N-dealkylation sites (tertiary alicyclic amines) is 1. The van der Waals surface area contributed by atoms with Crippen molar-refractivity contribution in [1.82, 2.24) is 15.1 Å². The number of thioether (sulfide) groups is 1. The van der Waals surface area contributed by atoms with Crippen LogP contribution in [0.15, 0.2) is 4.34 Å². The van der Waals surface area contributed by atoms with Crippen molar-refractivity contribution in [2.24, 2.45) is 11.8 Å². The molecule has 7 heteroatoms. The molecule has 2 heterocycles. The highest BCUT2D eigenvalue weighted by Crippen LogP contribution is 2.27. The second-order valence-electron chi connectivity index (χ2n) is 5.44. The van der Waals surface area contributed by atoms with Crippen LogP contribution in [-0.4, -0.2) is 46.4 Å². The fourth-order valence-corrected chi connectivity index (χ4v) is 4.29. The van der Waals surface area contributed by atoms with E-state index in [4.69, 9.17) is 0 Å². The second-order valence-corrected chi connectivity index (χ2v) is 7.64. The number of rotatable bonds is 5. The van der Waals surface area contributed by atoms with Crippen LogP contribution < -0.4 is 5.32 Å². The number of carbonyl (C=O) groups excluding carboxylic acids is 1. The van der Waals surface area contributed by atoms with Gasteiger partial charge in [-0.1, -0.05) is 36.9 Å². The zero-order valence-electron chi connectivity index (χ0n) is 12.3. The maximum Gasteiger partial charge on any atom is 0.233 e. The number of hydrogen-bond donors (Lipinski definition) is 1. The summed E-state index contributed by atoms with van der Waals surface area (Å²) < 4.78 is 0.854. The van der Waals surface area contributed by atoms with Crippen LogP contribution in [0.1, 0.15) is 27.2 Å². The molecule has 2 rings (SSSR count). The number of nitrogens with zero attached hydrogens (tertiary/aromatic N) is 3. The summed E-state index contributed by atoms with van der Waals surface area (Å²) >= 11 is 2.99. The smallest absolute Gasteiger partial charge is 0.233 e. The average molecular weight is 314 g/mol. The van der Waals surface area contributed by atoms with E-state index in [-0.39, 0.29) is 5.91 Å². The first kappa shape index (κ1) is 15.6. The quantitative estimate of drug-likeness (QED) is 0.847. The van der Waals surface area contributed by atoms with Crippen LogP contribution in [0.2, 0.25) is 0 Å². The minimum atomic E-state index is 0.216. The Morgan fingerprint density at radius 3 is 2.75 bits per heavy atom. The highest BCUT2D eigenvalue weighted by molar-refractivity contribution is 8.01. The fourth-order valence-electron chi connectivity index (χ4n) is 2.57. The predicted octanol–water partition coefficient (Wildman–Crippen LogP) is 2.57. The van der Waals surface area contributed by atoms with Crippen LogP contribution in [0.4, 0.5) is 5.13 Å². The first-order chi connectivity index (χ1) is 9.58.